The van der Waals surface area contributed by atoms with E-state index in [0.29, 0.717) is 28.4 Å². The molecule has 0 radical (unpaired) electrons. The van der Waals surface area contributed by atoms with Crippen LogP contribution in [0, 0.1) is 0 Å². The van der Waals surface area contributed by atoms with Gasteiger partial charge in [-0.05, 0) is 36.2 Å². The first-order valence-electron chi connectivity index (χ1n) is 8.40. The molecule has 136 valence electrons. The molecular weight excluding hydrogens is 383 g/mol. The number of anilines is 3. The average molecular weight is 399 g/mol. The zero-order valence-electron chi connectivity index (χ0n) is 14.2. The van der Waals surface area contributed by atoms with Gasteiger partial charge in [-0.1, -0.05) is 41.4 Å². The third-order valence-electron chi connectivity index (χ3n) is 4.10. The molecule has 2 aromatic carbocycles. The van der Waals surface area contributed by atoms with Gasteiger partial charge >= 0.3 is 0 Å². The van der Waals surface area contributed by atoms with Crippen molar-refractivity contribution in [3.8, 4) is 0 Å². The number of halogens is 2. The maximum Gasteiger partial charge on any atom is 0.244 e. The van der Waals surface area contributed by atoms with Crippen LogP contribution >= 0.6 is 23.2 Å². The van der Waals surface area contributed by atoms with Gasteiger partial charge in [0.05, 0.1) is 16.2 Å². The maximum atomic E-state index is 6.03. The van der Waals surface area contributed by atoms with Gasteiger partial charge in [0, 0.05) is 29.3 Å². The Bertz CT molecular complexity index is 1080. The summed E-state index contributed by atoms with van der Waals surface area (Å²) in [6.07, 6.45) is 4.43. The summed E-state index contributed by atoms with van der Waals surface area (Å²) in [5, 5.41) is 16.6. The van der Waals surface area contributed by atoms with Crippen molar-refractivity contribution >= 4 is 51.6 Å². The van der Waals surface area contributed by atoms with E-state index in [-0.39, 0.29) is 0 Å². The van der Waals surface area contributed by atoms with E-state index in [0.717, 1.165) is 17.6 Å². The fourth-order valence-corrected chi connectivity index (χ4v) is 3.11. The molecule has 2 heterocycles. The molecule has 27 heavy (non-hydrogen) atoms. The van der Waals surface area contributed by atoms with Gasteiger partial charge in [0.1, 0.15) is 0 Å². The van der Waals surface area contributed by atoms with Gasteiger partial charge < -0.3 is 15.6 Å². The topological polar surface area (TPSA) is 78.5 Å². The van der Waals surface area contributed by atoms with E-state index in [1.807, 2.05) is 24.4 Å². The van der Waals surface area contributed by atoms with Crippen molar-refractivity contribution in [3.05, 3.63) is 70.5 Å². The summed E-state index contributed by atoms with van der Waals surface area (Å²) in [5.41, 5.74) is 3.16. The highest BCUT2D eigenvalue weighted by atomic mass is 35.5. The molecule has 6 nitrogen and oxygen atoms in total. The Morgan fingerprint density at radius 2 is 1.93 bits per heavy atom. The first-order chi connectivity index (χ1) is 13.2. The first-order valence-corrected chi connectivity index (χ1v) is 9.15. The summed E-state index contributed by atoms with van der Waals surface area (Å²) in [6, 6.07) is 13.5. The fraction of sp³-hybridized carbons (Fsp3) is 0.105. The van der Waals surface area contributed by atoms with Crippen LogP contribution in [0.1, 0.15) is 5.56 Å². The average Bonchev–Trinajstić information content (AvgIpc) is 3.09. The molecule has 0 bridgehead atoms. The van der Waals surface area contributed by atoms with Crippen molar-refractivity contribution in [3.63, 3.8) is 0 Å². The van der Waals surface area contributed by atoms with Crippen LogP contribution < -0.4 is 10.6 Å². The van der Waals surface area contributed by atoms with Crippen LogP contribution in [0.15, 0.2) is 54.9 Å². The van der Waals surface area contributed by atoms with E-state index in [9.17, 15) is 0 Å². The monoisotopic (exact) mass is 398 g/mol. The number of nitrogens with one attached hydrogen (secondary N) is 3. The van der Waals surface area contributed by atoms with Crippen molar-refractivity contribution in [2.75, 3.05) is 17.2 Å². The normalized spacial score (nSPS) is 10.9. The van der Waals surface area contributed by atoms with Gasteiger partial charge in [-0.3, -0.25) is 0 Å². The molecule has 8 heteroatoms. The zero-order valence-corrected chi connectivity index (χ0v) is 15.7. The number of para-hydroxylation sites is 1. The molecule has 0 amide bonds. The Hall–Kier alpha value is -2.83. The molecule has 0 atom stereocenters. The van der Waals surface area contributed by atoms with Crippen molar-refractivity contribution in [1.82, 2.24) is 20.2 Å². The second kappa shape index (κ2) is 7.82. The molecule has 4 aromatic rings. The molecule has 0 fully saturated rings. The predicted octanol–water partition coefficient (Wildman–Crippen LogP) is 5.06. The lowest BCUT2D eigenvalue weighted by Crippen LogP contribution is -2.09. The molecule has 3 N–H and O–H groups in total. The molecule has 0 aliphatic carbocycles. The number of rotatable bonds is 6. The molecular formula is C19H16Cl2N6. The van der Waals surface area contributed by atoms with Crippen LogP contribution in [-0.4, -0.2) is 26.7 Å². The van der Waals surface area contributed by atoms with Gasteiger partial charge in [0.2, 0.25) is 5.95 Å². The summed E-state index contributed by atoms with van der Waals surface area (Å²) in [4.78, 5) is 7.70. The number of aromatic amines is 1. The number of fused-ring (bicyclic) bond motifs is 1. The third-order valence-corrected chi connectivity index (χ3v) is 4.84. The summed E-state index contributed by atoms with van der Waals surface area (Å²) >= 11 is 12.0. The molecule has 0 spiro atoms. The van der Waals surface area contributed by atoms with Crippen LogP contribution in [0.3, 0.4) is 0 Å². The number of hydrogen-bond acceptors (Lipinski definition) is 5. The van der Waals surface area contributed by atoms with Crippen LogP contribution in [0.2, 0.25) is 10.0 Å². The molecule has 4 rings (SSSR count). The van der Waals surface area contributed by atoms with Crippen LogP contribution in [0.4, 0.5) is 17.5 Å². The van der Waals surface area contributed by atoms with Crippen molar-refractivity contribution in [2.24, 2.45) is 0 Å². The van der Waals surface area contributed by atoms with E-state index in [2.05, 4.69) is 42.9 Å². The second-order valence-electron chi connectivity index (χ2n) is 5.96. The lowest BCUT2D eigenvalue weighted by molar-refractivity contribution is 0.931. The lowest BCUT2D eigenvalue weighted by Gasteiger charge is -2.08. The molecule has 0 unspecified atom stereocenters. The summed E-state index contributed by atoms with van der Waals surface area (Å²) < 4.78 is 0. The fourth-order valence-electron chi connectivity index (χ4n) is 2.81. The molecule has 0 saturated heterocycles. The Kier molecular flexibility index (Phi) is 5.09. The van der Waals surface area contributed by atoms with Crippen molar-refractivity contribution in [1.29, 1.82) is 0 Å². The number of H-pyrrole nitrogens is 1. The first kappa shape index (κ1) is 17.6. The summed E-state index contributed by atoms with van der Waals surface area (Å²) in [5.74, 6) is 1.03. The molecule has 2 aromatic heterocycles. The van der Waals surface area contributed by atoms with E-state index >= 15 is 0 Å². The third kappa shape index (κ3) is 4.13. The molecule has 0 aliphatic rings. The van der Waals surface area contributed by atoms with Gasteiger partial charge in [0.25, 0.3) is 0 Å². The standard InChI is InChI=1S/C19H16Cl2N6/c20-15-6-5-13(9-16(15)21)25-18-11-24-27-19(26-18)22-8-7-12-10-23-17-4-2-1-3-14(12)17/h1-6,9-11,23H,7-8H2,(H2,22,25,26,27). The van der Waals surface area contributed by atoms with Gasteiger partial charge in [-0.15, -0.1) is 5.10 Å². The highest BCUT2D eigenvalue weighted by Crippen LogP contribution is 2.26. The quantitative estimate of drug-likeness (QED) is 0.423. The zero-order chi connectivity index (χ0) is 18.6. The SMILES string of the molecule is Clc1ccc(Nc2cnnc(NCCc3c[nH]c4ccccc34)n2)cc1Cl. The minimum Gasteiger partial charge on any atom is -0.361 e. The Balaban J connectivity index is 1.39. The highest BCUT2D eigenvalue weighted by Gasteiger charge is 2.05. The molecule has 0 aliphatic heterocycles. The lowest BCUT2D eigenvalue weighted by atomic mass is 10.1. The minimum absolute atomic E-state index is 0.458. The Morgan fingerprint density at radius 1 is 1.04 bits per heavy atom. The number of nitrogens with zero attached hydrogens (tertiary/aromatic N) is 3. The Morgan fingerprint density at radius 3 is 2.81 bits per heavy atom. The van der Waals surface area contributed by atoms with Gasteiger partial charge in [0.15, 0.2) is 5.82 Å². The largest absolute Gasteiger partial charge is 0.361 e. The Labute approximate surface area is 165 Å². The van der Waals surface area contributed by atoms with E-state index in [1.54, 1.807) is 18.3 Å². The van der Waals surface area contributed by atoms with Crippen LogP contribution in [-0.2, 0) is 6.42 Å². The van der Waals surface area contributed by atoms with Gasteiger partial charge in [-0.25, -0.2) is 0 Å². The number of hydrogen-bond donors (Lipinski definition) is 3. The van der Waals surface area contributed by atoms with Crippen molar-refractivity contribution in [2.45, 2.75) is 6.42 Å². The van der Waals surface area contributed by atoms with Crippen LogP contribution in [0.5, 0.6) is 0 Å². The van der Waals surface area contributed by atoms with Crippen molar-refractivity contribution < 1.29 is 0 Å². The summed E-state index contributed by atoms with van der Waals surface area (Å²) in [6.45, 7) is 0.694. The predicted molar refractivity (Wildman–Crippen MR) is 110 cm³/mol. The smallest absolute Gasteiger partial charge is 0.244 e. The van der Waals surface area contributed by atoms with E-state index < -0.39 is 0 Å². The van der Waals surface area contributed by atoms with Crippen LogP contribution in [0.25, 0.3) is 10.9 Å². The summed E-state index contributed by atoms with van der Waals surface area (Å²) in [7, 11) is 0. The maximum absolute atomic E-state index is 6.03. The number of aromatic nitrogens is 4. The minimum atomic E-state index is 0.458. The number of benzene rings is 2. The van der Waals surface area contributed by atoms with Gasteiger partial charge in [-0.2, -0.15) is 10.1 Å². The second-order valence-corrected chi connectivity index (χ2v) is 6.77. The molecule has 0 saturated carbocycles. The van der Waals surface area contributed by atoms with E-state index in [1.165, 1.54) is 10.9 Å². The van der Waals surface area contributed by atoms with E-state index in [4.69, 9.17) is 23.2 Å². The highest BCUT2D eigenvalue weighted by molar-refractivity contribution is 6.42.